The third-order valence-electron chi connectivity index (χ3n) is 6.91. The fourth-order valence-corrected chi connectivity index (χ4v) is 4.90. The number of likely N-dealkylation sites (tertiary alicyclic amines) is 1. The van der Waals surface area contributed by atoms with E-state index in [1.54, 1.807) is 12.4 Å². The maximum Gasteiger partial charge on any atom is 0.227 e. The molecule has 3 fully saturated rings. The summed E-state index contributed by atoms with van der Waals surface area (Å²) in [4.78, 5) is 23.2. The molecule has 29 heavy (non-hydrogen) atoms. The second-order valence-electron chi connectivity index (χ2n) is 8.80. The van der Waals surface area contributed by atoms with E-state index in [-0.39, 0.29) is 11.5 Å². The van der Waals surface area contributed by atoms with Crippen molar-refractivity contribution >= 4 is 5.91 Å². The van der Waals surface area contributed by atoms with E-state index in [1.807, 2.05) is 12.1 Å². The van der Waals surface area contributed by atoms with Crippen molar-refractivity contribution in [2.45, 2.75) is 57.0 Å². The highest BCUT2D eigenvalue weighted by molar-refractivity contribution is 5.79. The predicted octanol–water partition coefficient (Wildman–Crippen LogP) is 3.26. The van der Waals surface area contributed by atoms with E-state index >= 15 is 0 Å². The number of ether oxygens (including phenoxy) is 1. The van der Waals surface area contributed by atoms with Crippen molar-refractivity contribution in [1.29, 1.82) is 0 Å². The number of nitrogens with zero attached hydrogens (tertiary/aromatic N) is 4. The number of carbonyl (C=O) groups is 1. The molecule has 2 aliphatic heterocycles. The molecule has 5 rings (SSSR count). The summed E-state index contributed by atoms with van der Waals surface area (Å²) in [6, 6.07) is 3.77. The van der Waals surface area contributed by atoms with Gasteiger partial charge in [0.15, 0.2) is 0 Å². The lowest BCUT2D eigenvalue weighted by atomic mass is 9.77. The summed E-state index contributed by atoms with van der Waals surface area (Å²) in [7, 11) is 0. The molecule has 2 aromatic rings. The molecule has 4 heterocycles. The van der Waals surface area contributed by atoms with Crippen LogP contribution in [-0.2, 0) is 16.0 Å². The van der Waals surface area contributed by atoms with Gasteiger partial charge in [-0.1, -0.05) is 11.6 Å². The number of amides is 1. The zero-order chi connectivity index (χ0) is 19.7. The van der Waals surface area contributed by atoms with E-state index in [0.29, 0.717) is 23.5 Å². The van der Waals surface area contributed by atoms with Crippen molar-refractivity contribution in [2.75, 3.05) is 19.7 Å². The lowest BCUT2D eigenvalue weighted by molar-refractivity contribution is -0.152. The van der Waals surface area contributed by atoms with Crippen LogP contribution in [-0.4, -0.2) is 51.2 Å². The number of carbonyl (C=O) groups excluding carboxylic acids is 1. The highest BCUT2D eigenvalue weighted by Crippen LogP contribution is 2.39. The van der Waals surface area contributed by atoms with Crippen LogP contribution in [0.5, 0.6) is 0 Å². The molecule has 0 radical (unpaired) electrons. The highest BCUT2D eigenvalue weighted by Gasteiger charge is 2.42. The van der Waals surface area contributed by atoms with E-state index < -0.39 is 0 Å². The fraction of sp³-hybridized carbons (Fsp3) is 0.636. The van der Waals surface area contributed by atoms with E-state index in [2.05, 4.69) is 20.0 Å². The number of piperidine rings is 1. The number of hydrogen-bond donors (Lipinski definition) is 0. The van der Waals surface area contributed by atoms with Gasteiger partial charge in [-0.2, -0.15) is 4.98 Å². The molecule has 7 heteroatoms. The molecule has 3 aliphatic rings. The van der Waals surface area contributed by atoms with Gasteiger partial charge in [0.05, 0.1) is 5.60 Å². The van der Waals surface area contributed by atoms with Gasteiger partial charge in [-0.05, 0) is 56.6 Å². The Labute approximate surface area is 170 Å². The summed E-state index contributed by atoms with van der Waals surface area (Å²) in [5, 5.41) is 4.13. The molecule has 154 valence electrons. The molecule has 1 atom stereocenters. The van der Waals surface area contributed by atoms with Gasteiger partial charge in [0.2, 0.25) is 17.6 Å². The Morgan fingerprint density at radius 1 is 1.17 bits per heavy atom. The molecule has 0 aromatic carbocycles. The molecule has 2 aromatic heterocycles. The minimum Gasteiger partial charge on any atom is -0.375 e. The largest absolute Gasteiger partial charge is 0.375 e. The van der Waals surface area contributed by atoms with Crippen LogP contribution in [0.1, 0.15) is 50.8 Å². The molecular formula is C22H28N4O3. The maximum absolute atomic E-state index is 12.5. The fourth-order valence-electron chi connectivity index (χ4n) is 4.90. The summed E-state index contributed by atoms with van der Waals surface area (Å²) in [6.07, 6.45) is 11.5. The zero-order valence-electron chi connectivity index (χ0n) is 16.8. The van der Waals surface area contributed by atoms with Crippen LogP contribution in [0.2, 0.25) is 0 Å². The predicted molar refractivity (Wildman–Crippen MR) is 106 cm³/mol. The van der Waals surface area contributed by atoms with Crippen LogP contribution in [0.4, 0.5) is 0 Å². The van der Waals surface area contributed by atoms with E-state index in [4.69, 9.17) is 9.26 Å². The Bertz CT molecular complexity index is 841. The van der Waals surface area contributed by atoms with Crippen LogP contribution in [0.15, 0.2) is 29.0 Å². The van der Waals surface area contributed by atoms with E-state index in [1.165, 1.54) is 6.42 Å². The van der Waals surface area contributed by atoms with Crippen LogP contribution in [0.3, 0.4) is 0 Å². The van der Waals surface area contributed by atoms with Crippen molar-refractivity contribution < 1.29 is 14.1 Å². The number of aromatic nitrogens is 3. The smallest absolute Gasteiger partial charge is 0.227 e. The molecule has 1 aliphatic carbocycles. The van der Waals surface area contributed by atoms with Gasteiger partial charge >= 0.3 is 0 Å². The quantitative estimate of drug-likeness (QED) is 0.789. The standard InChI is InChI=1S/C22H28N4O3/c27-21(18-2-1-3-18)26-11-7-22(8-12-26)15-16(6-13-28-22)14-19-24-20(25-29-19)17-4-9-23-10-5-17/h4-5,9-10,16,18H,1-3,6-8,11-15H2. The van der Waals surface area contributed by atoms with Gasteiger partial charge in [0.1, 0.15) is 0 Å². The monoisotopic (exact) mass is 396 g/mol. The molecule has 2 saturated heterocycles. The lowest BCUT2D eigenvalue weighted by Gasteiger charge is -2.47. The summed E-state index contributed by atoms with van der Waals surface area (Å²) < 4.78 is 11.8. The molecular weight excluding hydrogens is 368 g/mol. The number of rotatable bonds is 4. The van der Waals surface area contributed by atoms with Crippen molar-refractivity contribution in [3.63, 3.8) is 0 Å². The first-order valence-electron chi connectivity index (χ1n) is 10.9. The summed E-state index contributed by atoms with van der Waals surface area (Å²) in [5.41, 5.74) is 0.828. The van der Waals surface area contributed by atoms with Gasteiger partial charge < -0.3 is 14.2 Å². The first-order chi connectivity index (χ1) is 14.2. The molecule has 1 spiro atoms. The van der Waals surface area contributed by atoms with Gasteiger partial charge in [0.25, 0.3) is 0 Å². The summed E-state index contributed by atoms with van der Waals surface area (Å²) in [6.45, 7) is 2.43. The van der Waals surface area contributed by atoms with Gasteiger partial charge in [0, 0.05) is 50.0 Å². The lowest BCUT2D eigenvalue weighted by Crippen LogP contribution is -2.52. The third-order valence-corrected chi connectivity index (χ3v) is 6.91. The average molecular weight is 396 g/mol. The summed E-state index contributed by atoms with van der Waals surface area (Å²) >= 11 is 0. The van der Waals surface area contributed by atoms with E-state index in [0.717, 1.165) is 70.2 Å². The minimum atomic E-state index is -0.0900. The van der Waals surface area contributed by atoms with Crippen molar-refractivity contribution in [3.05, 3.63) is 30.4 Å². The first-order valence-corrected chi connectivity index (χ1v) is 10.9. The van der Waals surface area contributed by atoms with Crippen molar-refractivity contribution in [3.8, 4) is 11.4 Å². The Kier molecular flexibility index (Phi) is 5.08. The Hall–Kier alpha value is -2.28. The van der Waals surface area contributed by atoms with E-state index in [9.17, 15) is 4.79 Å². The molecule has 0 N–H and O–H groups in total. The Morgan fingerprint density at radius 3 is 2.69 bits per heavy atom. The molecule has 1 unspecified atom stereocenters. The van der Waals surface area contributed by atoms with Crippen LogP contribution < -0.4 is 0 Å². The Morgan fingerprint density at radius 2 is 1.97 bits per heavy atom. The highest BCUT2D eigenvalue weighted by atomic mass is 16.5. The Balaban J connectivity index is 1.18. The molecule has 1 amide bonds. The zero-order valence-corrected chi connectivity index (χ0v) is 16.8. The van der Waals surface area contributed by atoms with Gasteiger partial charge in [-0.25, -0.2) is 0 Å². The van der Waals surface area contributed by atoms with Crippen LogP contribution in [0, 0.1) is 11.8 Å². The molecule has 1 saturated carbocycles. The molecule has 7 nitrogen and oxygen atoms in total. The number of pyridine rings is 1. The summed E-state index contributed by atoms with van der Waals surface area (Å²) in [5.74, 6) is 2.44. The SMILES string of the molecule is O=C(C1CCC1)N1CCC2(CC1)CC(Cc1nc(-c3ccncc3)no1)CCO2. The van der Waals surface area contributed by atoms with Gasteiger partial charge in [-0.15, -0.1) is 0 Å². The first kappa shape index (κ1) is 18.7. The number of hydrogen-bond acceptors (Lipinski definition) is 6. The normalized spacial score (nSPS) is 24.4. The third kappa shape index (κ3) is 3.92. The topological polar surface area (TPSA) is 81.4 Å². The maximum atomic E-state index is 12.5. The van der Waals surface area contributed by atoms with Crippen LogP contribution in [0.25, 0.3) is 11.4 Å². The average Bonchev–Trinajstić information content (AvgIpc) is 3.16. The second-order valence-corrected chi connectivity index (χ2v) is 8.80. The van der Waals surface area contributed by atoms with Gasteiger partial charge in [-0.3, -0.25) is 9.78 Å². The molecule has 0 bridgehead atoms. The van der Waals surface area contributed by atoms with Crippen molar-refractivity contribution in [1.82, 2.24) is 20.0 Å². The van der Waals surface area contributed by atoms with Crippen LogP contribution >= 0.6 is 0 Å². The minimum absolute atomic E-state index is 0.0900. The van der Waals surface area contributed by atoms with Crippen molar-refractivity contribution in [2.24, 2.45) is 11.8 Å². The second kappa shape index (κ2) is 7.86.